The minimum Gasteiger partial charge on any atom is -0.414 e. The van der Waals surface area contributed by atoms with Gasteiger partial charge in [0.15, 0.2) is 10.3 Å². The van der Waals surface area contributed by atoms with Crippen molar-refractivity contribution in [3.63, 3.8) is 0 Å². The lowest BCUT2D eigenvalue weighted by Crippen LogP contribution is -2.17. The minimum absolute atomic E-state index is 0.00397. The first-order valence-electron chi connectivity index (χ1n) is 6.40. The average Bonchev–Trinajstić information content (AvgIpc) is 2.87. The molecule has 0 aliphatic heterocycles. The molecule has 0 saturated heterocycles. The Morgan fingerprint density at radius 3 is 2.71 bits per heavy atom. The molecule has 0 aliphatic rings. The van der Waals surface area contributed by atoms with Crippen molar-refractivity contribution in [3.05, 3.63) is 60.7 Å². The van der Waals surface area contributed by atoms with E-state index in [0.29, 0.717) is 17.0 Å². The molecule has 0 spiro atoms. The van der Waals surface area contributed by atoms with Gasteiger partial charge < -0.3 is 9.15 Å². The topological polar surface area (TPSA) is 112 Å². The summed E-state index contributed by atoms with van der Waals surface area (Å²) >= 11 is 3.66. The number of amides is 1. The number of carbonyl (C=O) groups excluding carboxylic acids is 1. The standard InChI is InChI=1S/C14H7BrN2O6S/c15-8-6-9-12(24-14(19)22-9)10(17(20)21)11(8)23-13(18)16-7-4-2-1-3-5-7/h1-6H,(H,16,18). The van der Waals surface area contributed by atoms with Crippen molar-refractivity contribution in [1.29, 1.82) is 0 Å². The van der Waals surface area contributed by atoms with Crippen LogP contribution in [0.15, 0.2) is 50.1 Å². The summed E-state index contributed by atoms with van der Waals surface area (Å²) in [4.78, 5) is 33.3. The van der Waals surface area contributed by atoms with Crippen molar-refractivity contribution in [2.75, 3.05) is 5.32 Å². The first-order chi connectivity index (χ1) is 11.5. The zero-order valence-electron chi connectivity index (χ0n) is 11.6. The molecule has 1 heterocycles. The zero-order chi connectivity index (χ0) is 17.3. The number of hydrogen-bond acceptors (Lipinski definition) is 7. The number of anilines is 1. The number of carbonyl (C=O) groups is 1. The van der Waals surface area contributed by atoms with Crippen LogP contribution in [-0.4, -0.2) is 11.0 Å². The van der Waals surface area contributed by atoms with Crippen LogP contribution in [0.4, 0.5) is 16.2 Å². The SMILES string of the molecule is O=C(Nc1ccccc1)Oc1c(Br)cc2oc(=O)sc2c1[N+](=O)[O-]. The Morgan fingerprint density at radius 1 is 1.33 bits per heavy atom. The van der Waals surface area contributed by atoms with Gasteiger partial charge in [-0.1, -0.05) is 18.2 Å². The van der Waals surface area contributed by atoms with Crippen LogP contribution in [0.2, 0.25) is 0 Å². The number of nitrogens with zero attached hydrogens (tertiary/aromatic N) is 1. The van der Waals surface area contributed by atoms with E-state index in [2.05, 4.69) is 21.2 Å². The molecule has 1 N–H and O–H groups in total. The second-order valence-electron chi connectivity index (χ2n) is 4.46. The van der Waals surface area contributed by atoms with Gasteiger partial charge in [-0.2, -0.15) is 0 Å². The smallest absolute Gasteiger partial charge is 0.414 e. The predicted octanol–water partition coefficient (Wildman–Crippen LogP) is 4.14. The quantitative estimate of drug-likeness (QED) is 0.512. The number of nitro benzene ring substituents is 1. The number of benzene rings is 2. The first-order valence-corrected chi connectivity index (χ1v) is 8.01. The van der Waals surface area contributed by atoms with Gasteiger partial charge in [0.25, 0.3) is 0 Å². The van der Waals surface area contributed by atoms with E-state index in [1.165, 1.54) is 6.07 Å². The molecule has 0 atom stereocenters. The Morgan fingerprint density at radius 2 is 2.04 bits per heavy atom. The molecule has 1 amide bonds. The molecule has 0 fully saturated rings. The van der Waals surface area contributed by atoms with E-state index < -0.39 is 21.6 Å². The Balaban J connectivity index is 2.00. The monoisotopic (exact) mass is 410 g/mol. The summed E-state index contributed by atoms with van der Waals surface area (Å²) in [5, 5.41) is 13.8. The fraction of sp³-hybridized carbons (Fsp3) is 0. The maximum Gasteiger partial charge on any atom is 0.417 e. The molecule has 0 radical (unpaired) electrons. The number of halogens is 1. The van der Waals surface area contributed by atoms with Gasteiger partial charge in [-0.25, -0.2) is 9.59 Å². The van der Waals surface area contributed by atoms with Gasteiger partial charge in [-0.05, 0) is 39.4 Å². The summed E-state index contributed by atoms with van der Waals surface area (Å²) in [5.41, 5.74) is -0.00634. The van der Waals surface area contributed by atoms with Crippen molar-refractivity contribution in [2.45, 2.75) is 0 Å². The zero-order valence-corrected chi connectivity index (χ0v) is 14.0. The lowest BCUT2D eigenvalue weighted by Gasteiger charge is -2.08. The summed E-state index contributed by atoms with van der Waals surface area (Å²) in [6.07, 6.45) is -0.903. The van der Waals surface area contributed by atoms with Gasteiger partial charge >= 0.3 is 16.7 Å². The molecular weight excluding hydrogens is 404 g/mol. The number of nitrogens with one attached hydrogen (secondary N) is 1. The van der Waals surface area contributed by atoms with Crippen LogP contribution >= 0.6 is 27.3 Å². The number of fused-ring (bicyclic) bond motifs is 1. The third kappa shape index (κ3) is 3.14. The third-order valence-corrected chi connectivity index (χ3v) is 4.34. The fourth-order valence-electron chi connectivity index (χ4n) is 1.97. The number of hydrogen-bond donors (Lipinski definition) is 1. The number of nitro groups is 1. The van der Waals surface area contributed by atoms with Gasteiger partial charge in [0, 0.05) is 11.8 Å². The third-order valence-electron chi connectivity index (χ3n) is 2.90. The Bertz CT molecular complexity index is 998. The molecule has 122 valence electrons. The van der Waals surface area contributed by atoms with Crippen molar-refractivity contribution in [2.24, 2.45) is 0 Å². The van der Waals surface area contributed by atoms with Crippen molar-refractivity contribution in [3.8, 4) is 5.75 Å². The van der Waals surface area contributed by atoms with Crippen LogP contribution in [0, 0.1) is 10.1 Å². The van der Waals surface area contributed by atoms with E-state index in [9.17, 15) is 19.7 Å². The molecule has 0 unspecified atom stereocenters. The lowest BCUT2D eigenvalue weighted by atomic mass is 10.3. The molecule has 10 heteroatoms. The second-order valence-corrected chi connectivity index (χ2v) is 6.26. The van der Waals surface area contributed by atoms with Gasteiger partial charge in [-0.3, -0.25) is 15.4 Å². The van der Waals surface area contributed by atoms with Gasteiger partial charge in [0.2, 0.25) is 5.75 Å². The molecule has 3 rings (SSSR count). The summed E-state index contributed by atoms with van der Waals surface area (Å²) in [7, 11) is 0. The van der Waals surface area contributed by atoms with Crippen LogP contribution in [0.25, 0.3) is 10.3 Å². The summed E-state index contributed by atoms with van der Waals surface area (Å²) < 4.78 is 10.1. The molecule has 0 saturated carbocycles. The highest BCUT2D eigenvalue weighted by atomic mass is 79.9. The highest BCUT2D eigenvalue weighted by Gasteiger charge is 2.28. The van der Waals surface area contributed by atoms with E-state index in [4.69, 9.17) is 9.15 Å². The van der Waals surface area contributed by atoms with E-state index in [1.54, 1.807) is 30.3 Å². The Hall–Kier alpha value is -2.72. The Kier molecular flexibility index (Phi) is 4.32. The van der Waals surface area contributed by atoms with Gasteiger partial charge in [0.1, 0.15) is 0 Å². The van der Waals surface area contributed by atoms with Crippen molar-refractivity contribution in [1.82, 2.24) is 0 Å². The predicted molar refractivity (Wildman–Crippen MR) is 90.8 cm³/mol. The maximum atomic E-state index is 12.0. The van der Waals surface area contributed by atoms with Gasteiger partial charge in [-0.15, -0.1) is 0 Å². The van der Waals surface area contributed by atoms with E-state index in [-0.39, 0.29) is 20.5 Å². The average molecular weight is 411 g/mol. The van der Waals surface area contributed by atoms with Crippen LogP contribution in [0.1, 0.15) is 0 Å². The first kappa shape index (κ1) is 16.1. The highest BCUT2D eigenvalue weighted by Crippen LogP contribution is 2.42. The maximum absolute atomic E-state index is 12.0. The Labute approximate surface area is 145 Å². The lowest BCUT2D eigenvalue weighted by molar-refractivity contribution is -0.383. The van der Waals surface area contributed by atoms with Crippen LogP contribution in [0.3, 0.4) is 0 Å². The molecule has 8 nitrogen and oxygen atoms in total. The molecule has 2 aromatic carbocycles. The van der Waals surface area contributed by atoms with Gasteiger partial charge in [0.05, 0.1) is 9.40 Å². The molecule has 24 heavy (non-hydrogen) atoms. The fourth-order valence-corrected chi connectivity index (χ4v) is 3.21. The molecular formula is C14H7BrN2O6S. The molecule has 0 bridgehead atoms. The van der Waals surface area contributed by atoms with Crippen molar-refractivity contribution >= 4 is 55.0 Å². The van der Waals surface area contributed by atoms with E-state index >= 15 is 0 Å². The summed E-state index contributed by atoms with van der Waals surface area (Å²) in [6.45, 7) is 0. The number of para-hydroxylation sites is 1. The molecule has 3 aromatic rings. The minimum atomic E-state index is -0.903. The largest absolute Gasteiger partial charge is 0.417 e. The van der Waals surface area contributed by atoms with Crippen LogP contribution in [0.5, 0.6) is 5.75 Å². The van der Waals surface area contributed by atoms with Crippen LogP contribution in [-0.2, 0) is 0 Å². The number of ether oxygens (including phenoxy) is 1. The molecule has 0 aliphatic carbocycles. The van der Waals surface area contributed by atoms with E-state index in [0.717, 1.165) is 0 Å². The summed E-state index contributed by atoms with van der Waals surface area (Å²) in [6, 6.07) is 9.80. The van der Waals surface area contributed by atoms with E-state index in [1.807, 2.05) is 0 Å². The van der Waals surface area contributed by atoms with Crippen molar-refractivity contribution < 1.29 is 18.9 Å². The van der Waals surface area contributed by atoms with Crippen LogP contribution < -0.4 is 15.0 Å². The number of rotatable bonds is 3. The summed E-state index contributed by atoms with van der Waals surface area (Å²) in [5.74, 6) is -0.307. The highest BCUT2D eigenvalue weighted by molar-refractivity contribution is 9.10. The normalized spacial score (nSPS) is 10.5. The molecule has 1 aromatic heterocycles. The second kappa shape index (κ2) is 6.42.